The number of hydrazone groups is 1. The molecule has 2 aromatic carbocycles. The maximum atomic E-state index is 13.5. The van der Waals surface area contributed by atoms with Crippen LogP contribution in [-0.4, -0.2) is 42.7 Å². The molecule has 0 saturated heterocycles. The largest absolute Gasteiger partial charge is 0.461 e. The summed E-state index contributed by atoms with van der Waals surface area (Å²) in [5.41, 5.74) is -0.743. The van der Waals surface area contributed by atoms with E-state index in [1.165, 1.54) is 53.5 Å². The van der Waals surface area contributed by atoms with E-state index >= 15 is 0 Å². The number of esters is 1. The summed E-state index contributed by atoms with van der Waals surface area (Å²) in [6, 6.07) is 10.9. The maximum absolute atomic E-state index is 13.5. The van der Waals surface area contributed by atoms with Crippen molar-refractivity contribution in [3.05, 3.63) is 71.3 Å². The number of hydrogen-bond donors (Lipinski definition) is 0. The Morgan fingerprint density at radius 3 is 2.00 bits per heavy atom. The number of ether oxygens (including phenoxy) is 1. The number of likely N-dealkylation sites (N-methyl/N-ethyl adjacent to an activating group) is 1. The van der Waals surface area contributed by atoms with Crippen LogP contribution in [0.4, 0.5) is 8.78 Å². The molecule has 0 N–H and O–H groups in total. The lowest BCUT2D eigenvalue weighted by Crippen LogP contribution is -2.54. The number of benzene rings is 2. The van der Waals surface area contributed by atoms with E-state index < -0.39 is 28.8 Å². The molecule has 1 heterocycles. The van der Waals surface area contributed by atoms with Crippen molar-refractivity contribution in [1.29, 1.82) is 0 Å². The number of Topliss-reactive ketones (excluding diaryl/α,β-unsaturated/α-hetero) is 1. The third kappa shape index (κ3) is 3.32. The Morgan fingerprint density at radius 2 is 1.56 bits per heavy atom. The quantitative estimate of drug-likeness (QED) is 0.775. The minimum atomic E-state index is -1.35. The summed E-state index contributed by atoms with van der Waals surface area (Å²) in [6.45, 7) is 1.82. The van der Waals surface area contributed by atoms with Gasteiger partial charge in [0.05, 0.1) is 13.2 Å². The molecule has 0 atom stereocenters. The fraction of sp³-hybridized carbons (Fsp3) is 0.250. The van der Waals surface area contributed by atoms with Crippen LogP contribution >= 0.6 is 0 Å². The van der Waals surface area contributed by atoms with Crippen molar-refractivity contribution in [1.82, 2.24) is 5.01 Å². The van der Waals surface area contributed by atoms with E-state index in [0.717, 1.165) is 0 Å². The zero-order valence-electron chi connectivity index (χ0n) is 14.9. The molecule has 0 radical (unpaired) electrons. The number of halogens is 2. The van der Waals surface area contributed by atoms with Crippen LogP contribution in [0.15, 0.2) is 53.6 Å². The summed E-state index contributed by atoms with van der Waals surface area (Å²) in [6.07, 6.45) is 0. The van der Waals surface area contributed by atoms with Gasteiger partial charge in [0.2, 0.25) is 11.5 Å². The molecular weight excluding hydrogens is 354 g/mol. The Bertz CT molecular complexity index is 847. The van der Waals surface area contributed by atoms with Crippen LogP contribution < -0.4 is 0 Å². The van der Waals surface area contributed by atoms with E-state index in [4.69, 9.17) is 4.74 Å². The molecule has 140 valence electrons. The Kier molecular flexibility index (Phi) is 5.03. The van der Waals surface area contributed by atoms with Gasteiger partial charge in [-0.1, -0.05) is 24.3 Å². The summed E-state index contributed by atoms with van der Waals surface area (Å²) in [5, 5.41) is 5.50. The highest BCUT2D eigenvalue weighted by atomic mass is 19.1. The van der Waals surface area contributed by atoms with Crippen molar-refractivity contribution >= 4 is 17.5 Å². The van der Waals surface area contributed by atoms with Gasteiger partial charge in [-0.2, -0.15) is 5.10 Å². The smallest absolute Gasteiger partial charge is 0.362 e. The number of nitrogens with zero attached hydrogens (tertiary/aromatic N) is 2. The third-order valence-corrected chi connectivity index (χ3v) is 4.48. The van der Waals surface area contributed by atoms with Gasteiger partial charge >= 0.3 is 5.97 Å². The third-order valence-electron chi connectivity index (χ3n) is 4.48. The lowest BCUT2D eigenvalue weighted by atomic mass is 9.69. The van der Waals surface area contributed by atoms with Crippen LogP contribution in [0.3, 0.4) is 0 Å². The van der Waals surface area contributed by atoms with Gasteiger partial charge in [0, 0.05) is 7.05 Å². The summed E-state index contributed by atoms with van der Waals surface area (Å²) in [7, 11) is 1.62. The highest BCUT2D eigenvalue weighted by molar-refractivity contribution is 6.66. The zero-order valence-corrected chi connectivity index (χ0v) is 14.9. The molecule has 5 nitrogen and oxygen atoms in total. The van der Waals surface area contributed by atoms with E-state index in [9.17, 15) is 18.4 Å². The van der Waals surface area contributed by atoms with Crippen LogP contribution in [0.5, 0.6) is 0 Å². The average Bonchev–Trinajstić information content (AvgIpc) is 2.65. The molecule has 0 fully saturated rings. The molecule has 0 spiro atoms. The van der Waals surface area contributed by atoms with Gasteiger partial charge in [0.25, 0.3) is 0 Å². The number of hydrogen-bond acceptors (Lipinski definition) is 5. The van der Waals surface area contributed by atoms with Gasteiger partial charge in [-0.3, -0.25) is 9.80 Å². The summed E-state index contributed by atoms with van der Waals surface area (Å²) in [5.74, 6) is -2.31. The molecule has 0 saturated carbocycles. The fourth-order valence-corrected chi connectivity index (χ4v) is 3.28. The minimum absolute atomic E-state index is 0.0922. The minimum Gasteiger partial charge on any atom is -0.461 e. The number of carbonyl (C=O) groups excluding carboxylic acids is 2. The summed E-state index contributed by atoms with van der Waals surface area (Å²) >= 11 is 0. The summed E-state index contributed by atoms with van der Waals surface area (Å²) < 4.78 is 31.9. The molecule has 0 bridgehead atoms. The second-order valence-corrected chi connectivity index (χ2v) is 6.23. The fourth-order valence-electron chi connectivity index (χ4n) is 3.28. The highest BCUT2D eigenvalue weighted by Crippen LogP contribution is 2.37. The van der Waals surface area contributed by atoms with Crippen LogP contribution in [0.25, 0.3) is 0 Å². The van der Waals surface area contributed by atoms with E-state index in [1.54, 1.807) is 14.0 Å². The second kappa shape index (κ2) is 7.26. The lowest BCUT2D eigenvalue weighted by molar-refractivity contribution is -0.136. The van der Waals surface area contributed by atoms with Crippen molar-refractivity contribution in [2.75, 3.05) is 20.2 Å². The molecule has 2 aromatic rings. The molecule has 7 heteroatoms. The first kappa shape index (κ1) is 18.7. The van der Waals surface area contributed by atoms with Crippen molar-refractivity contribution in [3.8, 4) is 0 Å². The normalized spacial score (nSPS) is 16.1. The van der Waals surface area contributed by atoms with Gasteiger partial charge in [0.1, 0.15) is 17.0 Å². The molecule has 3 rings (SSSR count). The van der Waals surface area contributed by atoms with Gasteiger partial charge in [-0.15, -0.1) is 0 Å². The first-order valence-electron chi connectivity index (χ1n) is 8.42. The maximum Gasteiger partial charge on any atom is 0.362 e. The molecule has 1 aliphatic rings. The molecule has 0 unspecified atom stereocenters. The van der Waals surface area contributed by atoms with Gasteiger partial charge in [-0.25, -0.2) is 13.6 Å². The second-order valence-electron chi connectivity index (χ2n) is 6.23. The van der Waals surface area contributed by atoms with Crippen LogP contribution in [0.1, 0.15) is 18.1 Å². The molecule has 27 heavy (non-hydrogen) atoms. The van der Waals surface area contributed by atoms with E-state index in [1.807, 2.05) is 0 Å². The highest BCUT2D eigenvalue weighted by Gasteiger charge is 2.49. The Hall–Kier alpha value is -3.09. The van der Waals surface area contributed by atoms with Crippen LogP contribution in [0, 0.1) is 11.6 Å². The average molecular weight is 372 g/mol. The predicted molar refractivity (Wildman–Crippen MR) is 95.3 cm³/mol. The molecular formula is C20H18F2N2O3. The van der Waals surface area contributed by atoms with Crippen molar-refractivity contribution in [2.45, 2.75) is 12.3 Å². The number of rotatable bonds is 4. The van der Waals surface area contributed by atoms with E-state index in [-0.39, 0.29) is 18.9 Å². The number of carbonyl (C=O) groups is 2. The monoisotopic (exact) mass is 372 g/mol. The zero-order chi connectivity index (χ0) is 19.6. The predicted octanol–water partition coefficient (Wildman–Crippen LogP) is 2.68. The topological polar surface area (TPSA) is 59.0 Å². The molecule has 1 aliphatic heterocycles. The first-order valence-corrected chi connectivity index (χ1v) is 8.42. The lowest BCUT2D eigenvalue weighted by Gasteiger charge is -2.39. The molecule has 0 amide bonds. The van der Waals surface area contributed by atoms with E-state index in [0.29, 0.717) is 11.1 Å². The van der Waals surface area contributed by atoms with Crippen molar-refractivity contribution in [3.63, 3.8) is 0 Å². The van der Waals surface area contributed by atoms with Gasteiger partial charge in [-0.05, 0) is 42.3 Å². The molecule has 0 aromatic heterocycles. The van der Waals surface area contributed by atoms with Gasteiger partial charge < -0.3 is 4.74 Å². The van der Waals surface area contributed by atoms with Crippen LogP contribution in [-0.2, 0) is 19.7 Å². The van der Waals surface area contributed by atoms with E-state index in [2.05, 4.69) is 5.10 Å². The Morgan fingerprint density at radius 1 is 1.07 bits per heavy atom. The SMILES string of the molecule is CCOC(=O)C1=NN(C)CC(c2ccc(F)cc2)(c2ccc(F)cc2)C1=O. The Balaban J connectivity index is 2.22. The summed E-state index contributed by atoms with van der Waals surface area (Å²) in [4.78, 5) is 25.7. The standard InChI is InChI=1S/C20H18F2N2O3/c1-3-27-19(26)17-18(25)20(12-24(2)23-17,13-4-8-15(21)9-5-13)14-6-10-16(22)11-7-14/h4-11H,3,12H2,1-2H3. The van der Waals surface area contributed by atoms with Crippen molar-refractivity contribution < 1.29 is 23.1 Å². The number of ketones is 1. The van der Waals surface area contributed by atoms with Crippen LogP contribution in [0.2, 0.25) is 0 Å². The van der Waals surface area contributed by atoms with Gasteiger partial charge in [0.15, 0.2) is 0 Å². The molecule has 0 aliphatic carbocycles. The Labute approximate surface area is 155 Å². The first-order chi connectivity index (χ1) is 12.9. The van der Waals surface area contributed by atoms with Crippen molar-refractivity contribution in [2.24, 2.45) is 5.10 Å².